The molecule has 0 spiro atoms. The zero-order chi connectivity index (χ0) is 19.7. The molecule has 3 nitrogen and oxygen atoms in total. The fraction of sp³-hybridized carbons (Fsp3) is 0.429. The molecule has 1 amide bonds. The minimum Gasteiger partial charge on any atom is -0.362 e. The third-order valence-electron chi connectivity index (χ3n) is 3.92. The second-order valence-corrected chi connectivity index (χ2v) is 8.13. The number of amides is 1. The van der Waals surface area contributed by atoms with Crippen LogP contribution in [0.25, 0.3) is 0 Å². The molecule has 1 aromatic rings. The maximum Gasteiger partial charge on any atom is 0.257 e. The molecule has 0 atom stereocenters. The van der Waals surface area contributed by atoms with E-state index >= 15 is 0 Å². The number of nitrogens with one attached hydrogen (secondary N) is 2. The monoisotopic (exact) mass is 392 g/mol. The van der Waals surface area contributed by atoms with E-state index in [0.717, 1.165) is 23.4 Å². The Kier molecular flexibility index (Phi) is 9.03. The van der Waals surface area contributed by atoms with Gasteiger partial charge in [-0.1, -0.05) is 63.6 Å². The highest BCUT2D eigenvalue weighted by Crippen LogP contribution is 2.22. The van der Waals surface area contributed by atoms with Crippen molar-refractivity contribution in [1.82, 2.24) is 10.6 Å². The smallest absolute Gasteiger partial charge is 0.257 e. The van der Waals surface area contributed by atoms with Crippen LogP contribution in [-0.2, 0) is 5.41 Å². The van der Waals surface area contributed by atoms with E-state index in [-0.39, 0.29) is 11.3 Å². The summed E-state index contributed by atoms with van der Waals surface area (Å²) in [6, 6.07) is 7.61. The van der Waals surface area contributed by atoms with Crippen molar-refractivity contribution in [1.29, 1.82) is 0 Å². The first kappa shape index (κ1) is 22.4. The highest BCUT2D eigenvalue weighted by Gasteiger charge is 2.14. The molecule has 142 valence electrons. The lowest BCUT2D eigenvalue weighted by Crippen LogP contribution is -2.39. The number of hydrogen-bond acceptors (Lipinski definition) is 2. The Morgan fingerprint density at radius 1 is 1.23 bits per heavy atom. The molecule has 0 aromatic heterocycles. The molecule has 0 saturated heterocycles. The molecule has 1 aromatic carbocycles. The zero-order valence-electron chi connectivity index (χ0n) is 16.3. The summed E-state index contributed by atoms with van der Waals surface area (Å²) in [7, 11) is 0. The second-order valence-electron chi connectivity index (χ2n) is 7.16. The van der Waals surface area contributed by atoms with Crippen molar-refractivity contribution in [2.24, 2.45) is 0 Å². The molecule has 26 heavy (non-hydrogen) atoms. The van der Waals surface area contributed by atoms with Crippen molar-refractivity contribution < 1.29 is 4.79 Å². The largest absolute Gasteiger partial charge is 0.362 e. The average Bonchev–Trinajstić information content (AvgIpc) is 2.56. The Bertz CT molecular complexity index is 681. The molecule has 0 saturated carbocycles. The molecular formula is C21H29ClN2OS. The number of carbonyl (C=O) groups is 1. The first-order chi connectivity index (χ1) is 12.1. The molecule has 0 unspecified atom stereocenters. The summed E-state index contributed by atoms with van der Waals surface area (Å²) in [6.45, 7) is 11.0. The summed E-state index contributed by atoms with van der Waals surface area (Å²) < 4.78 is 0. The van der Waals surface area contributed by atoms with Crippen molar-refractivity contribution in [3.05, 3.63) is 58.1 Å². The minimum absolute atomic E-state index is 0.0594. The van der Waals surface area contributed by atoms with Crippen molar-refractivity contribution in [3.8, 4) is 0 Å². The van der Waals surface area contributed by atoms with E-state index in [0.29, 0.717) is 17.2 Å². The highest BCUT2D eigenvalue weighted by molar-refractivity contribution is 7.80. The van der Waals surface area contributed by atoms with Crippen LogP contribution in [0.5, 0.6) is 0 Å². The van der Waals surface area contributed by atoms with Gasteiger partial charge < -0.3 is 5.32 Å². The maximum atomic E-state index is 12.3. The zero-order valence-corrected chi connectivity index (χ0v) is 17.9. The molecule has 0 radical (unpaired) electrons. The number of benzene rings is 1. The normalized spacial score (nSPS) is 12.7. The Labute approximate surface area is 167 Å². The SMILES string of the molecule is CC/C=C\C(CCNC(=S)NC(=O)c1ccc(C(C)(C)C)cc1)=C(/C)Cl. The van der Waals surface area contributed by atoms with E-state index in [4.69, 9.17) is 23.8 Å². The van der Waals surface area contributed by atoms with Gasteiger partial charge in [-0.05, 0) is 60.7 Å². The third kappa shape index (κ3) is 7.71. The summed E-state index contributed by atoms with van der Waals surface area (Å²) in [4.78, 5) is 12.3. The molecule has 0 fully saturated rings. The van der Waals surface area contributed by atoms with Gasteiger partial charge in [-0.25, -0.2) is 0 Å². The molecule has 5 heteroatoms. The van der Waals surface area contributed by atoms with Gasteiger partial charge in [0.2, 0.25) is 0 Å². The summed E-state index contributed by atoms with van der Waals surface area (Å²) in [5.74, 6) is -0.210. The van der Waals surface area contributed by atoms with E-state index in [1.165, 1.54) is 5.56 Å². The number of hydrogen-bond donors (Lipinski definition) is 2. The first-order valence-electron chi connectivity index (χ1n) is 8.86. The van der Waals surface area contributed by atoms with Gasteiger partial charge in [-0.3, -0.25) is 10.1 Å². The van der Waals surface area contributed by atoms with E-state index in [9.17, 15) is 4.79 Å². The van der Waals surface area contributed by atoms with E-state index in [2.05, 4.69) is 44.4 Å². The van der Waals surface area contributed by atoms with Gasteiger partial charge in [0.1, 0.15) is 0 Å². The van der Waals surface area contributed by atoms with Crippen molar-refractivity contribution in [3.63, 3.8) is 0 Å². The lowest BCUT2D eigenvalue weighted by molar-refractivity contribution is 0.0976. The van der Waals surface area contributed by atoms with Gasteiger partial charge in [0.25, 0.3) is 5.91 Å². The third-order valence-corrected chi connectivity index (χ3v) is 4.41. The Morgan fingerprint density at radius 2 is 1.85 bits per heavy atom. The van der Waals surface area contributed by atoms with Crippen LogP contribution in [0.3, 0.4) is 0 Å². The minimum atomic E-state index is -0.210. The molecule has 0 aliphatic carbocycles. The van der Waals surface area contributed by atoms with Crippen LogP contribution in [0.1, 0.15) is 63.4 Å². The predicted molar refractivity (Wildman–Crippen MR) is 116 cm³/mol. The highest BCUT2D eigenvalue weighted by atomic mass is 35.5. The van der Waals surface area contributed by atoms with Crippen LogP contribution in [0.2, 0.25) is 0 Å². The molecular weight excluding hydrogens is 364 g/mol. The molecule has 0 aliphatic heterocycles. The Hall–Kier alpha value is -1.65. The fourth-order valence-corrected chi connectivity index (χ4v) is 2.63. The first-order valence-corrected chi connectivity index (χ1v) is 9.65. The van der Waals surface area contributed by atoms with Crippen molar-refractivity contribution in [2.45, 2.75) is 52.9 Å². The van der Waals surface area contributed by atoms with Crippen molar-refractivity contribution in [2.75, 3.05) is 6.54 Å². The summed E-state index contributed by atoms with van der Waals surface area (Å²) in [5.41, 5.74) is 2.90. The quantitative estimate of drug-likeness (QED) is 0.499. The molecule has 0 bridgehead atoms. The summed E-state index contributed by atoms with van der Waals surface area (Å²) in [6.07, 6.45) is 5.80. The average molecular weight is 393 g/mol. The van der Waals surface area contributed by atoms with Gasteiger partial charge in [0, 0.05) is 17.1 Å². The molecule has 0 heterocycles. The van der Waals surface area contributed by atoms with E-state index in [1.54, 1.807) is 0 Å². The van der Waals surface area contributed by atoms with Gasteiger partial charge >= 0.3 is 0 Å². The Morgan fingerprint density at radius 3 is 2.35 bits per heavy atom. The summed E-state index contributed by atoms with van der Waals surface area (Å²) in [5, 5.41) is 6.86. The predicted octanol–water partition coefficient (Wildman–Crippen LogP) is 5.46. The number of thiocarbonyl (C=S) groups is 1. The number of halogens is 1. The van der Waals surface area contributed by atoms with Gasteiger partial charge in [0.05, 0.1) is 0 Å². The van der Waals surface area contributed by atoms with Crippen LogP contribution in [0.15, 0.2) is 47.0 Å². The fourth-order valence-electron chi connectivity index (χ4n) is 2.28. The maximum absolute atomic E-state index is 12.3. The number of rotatable bonds is 6. The number of allylic oxidation sites excluding steroid dienone is 3. The standard InChI is InChI=1S/C21H29ClN2OS/c1-6-7-8-16(15(2)22)13-14-23-20(26)24-19(25)17-9-11-18(12-10-17)21(3,4)5/h7-12H,6,13-14H2,1-5H3,(H2,23,24,25,26)/b8-7-,16-15-. The van der Waals surface area contributed by atoms with Crippen LogP contribution < -0.4 is 10.6 Å². The molecule has 1 rings (SSSR count). The second kappa shape index (κ2) is 10.5. The van der Waals surface area contributed by atoms with E-state index < -0.39 is 0 Å². The van der Waals surface area contributed by atoms with Crippen LogP contribution in [0.4, 0.5) is 0 Å². The van der Waals surface area contributed by atoms with Gasteiger partial charge in [-0.2, -0.15) is 0 Å². The van der Waals surface area contributed by atoms with Crippen LogP contribution in [-0.4, -0.2) is 17.6 Å². The number of carbonyl (C=O) groups excluding carboxylic acids is 1. The summed E-state index contributed by atoms with van der Waals surface area (Å²) >= 11 is 11.3. The van der Waals surface area contributed by atoms with Crippen LogP contribution >= 0.6 is 23.8 Å². The lowest BCUT2D eigenvalue weighted by Gasteiger charge is -2.19. The van der Waals surface area contributed by atoms with E-state index in [1.807, 2.05) is 37.3 Å². The topological polar surface area (TPSA) is 41.1 Å². The molecule has 0 aliphatic rings. The van der Waals surface area contributed by atoms with Gasteiger partial charge in [0.15, 0.2) is 5.11 Å². The molecule has 2 N–H and O–H groups in total. The van der Waals surface area contributed by atoms with Crippen molar-refractivity contribution >= 4 is 34.8 Å². The Balaban J connectivity index is 2.54. The lowest BCUT2D eigenvalue weighted by atomic mass is 9.87. The van der Waals surface area contributed by atoms with Gasteiger partial charge in [-0.15, -0.1) is 0 Å². The van der Waals surface area contributed by atoms with Crippen LogP contribution in [0, 0.1) is 0 Å².